The summed E-state index contributed by atoms with van der Waals surface area (Å²) < 4.78 is 60.0. The van der Waals surface area contributed by atoms with Crippen LogP contribution in [0.4, 0.5) is 34.8 Å². The van der Waals surface area contributed by atoms with E-state index in [-0.39, 0.29) is 42.2 Å². The molecular formula is C40H43ClF4N8O2. The fourth-order valence-electron chi connectivity index (χ4n) is 9.10. The van der Waals surface area contributed by atoms with E-state index in [0.29, 0.717) is 28.0 Å². The summed E-state index contributed by atoms with van der Waals surface area (Å²) in [4.78, 5) is 46.1. The molecule has 3 aliphatic carbocycles. The van der Waals surface area contributed by atoms with E-state index >= 15 is 8.78 Å². The molecule has 1 aromatic carbocycles. The van der Waals surface area contributed by atoms with Gasteiger partial charge in [0.15, 0.2) is 17.5 Å². The third-order valence-corrected chi connectivity index (χ3v) is 13.2. The second-order valence-corrected chi connectivity index (χ2v) is 17.7. The van der Waals surface area contributed by atoms with Gasteiger partial charge < -0.3 is 20.1 Å². The lowest BCUT2D eigenvalue weighted by Gasteiger charge is -2.55. The Morgan fingerprint density at radius 3 is 2.45 bits per heavy atom. The number of carbonyl (C=O) groups is 2. The first-order valence-corrected chi connectivity index (χ1v) is 19.4. The van der Waals surface area contributed by atoms with Gasteiger partial charge in [-0.2, -0.15) is 0 Å². The first kappa shape index (κ1) is 36.3. The molecular weight excluding hydrogens is 736 g/mol. The Labute approximate surface area is 321 Å². The number of anilines is 3. The molecule has 55 heavy (non-hydrogen) atoms. The molecule has 0 radical (unpaired) electrons. The lowest BCUT2D eigenvalue weighted by Crippen LogP contribution is -2.64. The maximum absolute atomic E-state index is 15.6. The molecule has 2 atom stereocenters. The first-order chi connectivity index (χ1) is 26.0. The van der Waals surface area contributed by atoms with E-state index in [4.69, 9.17) is 21.6 Å². The number of fused-ring (bicyclic) bond motifs is 3. The molecule has 2 amide bonds. The zero-order valence-corrected chi connectivity index (χ0v) is 32.1. The molecule has 10 nitrogen and oxygen atoms in total. The van der Waals surface area contributed by atoms with Gasteiger partial charge in [-0.05, 0) is 110 Å². The highest BCUT2D eigenvalue weighted by Gasteiger charge is 2.57. The average molecular weight is 779 g/mol. The quantitative estimate of drug-likeness (QED) is 0.130. The lowest BCUT2D eigenvalue weighted by atomic mass is 9.71. The van der Waals surface area contributed by atoms with Crippen LogP contribution in [-0.4, -0.2) is 72.9 Å². The number of nitrogens with one attached hydrogen (secondary N) is 2. The number of alkyl halides is 2. The number of pyridine rings is 2. The summed E-state index contributed by atoms with van der Waals surface area (Å²) in [6.07, 6.45) is 4.86. The van der Waals surface area contributed by atoms with Crippen molar-refractivity contribution in [1.29, 1.82) is 0 Å². The van der Waals surface area contributed by atoms with Gasteiger partial charge in [0.1, 0.15) is 11.1 Å². The zero-order chi connectivity index (χ0) is 38.9. The topological polar surface area (TPSA) is 108 Å². The summed E-state index contributed by atoms with van der Waals surface area (Å²) in [6, 6.07) is 4.59. The zero-order valence-electron chi connectivity index (χ0n) is 31.3. The van der Waals surface area contributed by atoms with Gasteiger partial charge in [0, 0.05) is 35.9 Å². The Balaban J connectivity index is 1.07. The van der Waals surface area contributed by atoms with Crippen LogP contribution in [-0.2, 0) is 10.2 Å². The Kier molecular flexibility index (Phi) is 8.16. The molecule has 4 fully saturated rings. The lowest BCUT2D eigenvalue weighted by molar-refractivity contribution is -0.124. The highest BCUT2D eigenvalue weighted by atomic mass is 35.5. The molecule has 3 aromatic heterocycles. The van der Waals surface area contributed by atoms with Crippen molar-refractivity contribution in [2.24, 2.45) is 11.8 Å². The van der Waals surface area contributed by atoms with Crippen molar-refractivity contribution in [1.82, 2.24) is 29.7 Å². The maximum atomic E-state index is 15.6. The number of aromatic nitrogens is 4. The Morgan fingerprint density at radius 1 is 1.04 bits per heavy atom. The Bertz CT molecular complexity index is 2280. The molecule has 3 saturated carbocycles. The summed E-state index contributed by atoms with van der Waals surface area (Å²) in [7, 11) is 0. The van der Waals surface area contributed by atoms with Gasteiger partial charge in [0.25, 0.3) is 12.3 Å². The minimum Gasteiger partial charge on any atom is -0.341 e. The van der Waals surface area contributed by atoms with Crippen LogP contribution in [0.1, 0.15) is 95.2 Å². The highest BCUT2D eigenvalue weighted by Crippen LogP contribution is 2.53. The van der Waals surface area contributed by atoms with Crippen LogP contribution in [0.25, 0.3) is 22.3 Å². The molecule has 0 spiro atoms. The number of hydrogen-bond donors (Lipinski definition) is 2. The van der Waals surface area contributed by atoms with E-state index in [0.717, 1.165) is 49.5 Å². The molecule has 5 heterocycles. The van der Waals surface area contributed by atoms with Gasteiger partial charge in [-0.1, -0.05) is 11.6 Å². The number of nitrogens with zero attached hydrogens (tertiary/aromatic N) is 6. The van der Waals surface area contributed by atoms with Gasteiger partial charge in [-0.25, -0.2) is 27.5 Å². The second kappa shape index (κ2) is 12.3. The summed E-state index contributed by atoms with van der Waals surface area (Å²) >= 11 is 6.08. The van der Waals surface area contributed by atoms with Crippen LogP contribution in [0.3, 0.4) is 0 Å². The maximum Gasteiger partial charge on any atom is 0.261 e. The smallest absolute Gasteiger partial charge is 0.261 e. The number of rotatable bonds is 9. The van der Waals surface area contributed by atoms with Gasteiger partial charge in [-0.3, -0.25) is 19.5 Å². The Hall–Kier alpha value is -4.30. The third-order valence-electron chi connectivity index (χ3n) is 12.9. The number of hydrogen-bond acceptors (Lipinski definition) is 7. The van der Waals surface area contributed by atoms with E-state index in [1.807, 2.05) is 43.2 Å². The van der Waals surface area contributed by atoms with E-state index in [1.54, 1.807) is 18.6 Å². The number of benzene rings is 1. The monoisotopic (exact) mass is 778 g/mol. The van der Waals surface area contributed by atoms with Crippen LogP contribution < -0.4 is 15.5 Å². The van der Waals surface area contributed by atoms with Crippen LogP contribution >= 0.6 is 11.6 Å². The molecule has 4 aromatic rings. The van der Waals surface area contributed by atoms with Crippen LogP contribution in [0.15, 0.2) is 30.7 Å². The molecule has 5 aliphatic rings. The molecule has 0 bridgehead atoms. The number of amides is 2. The number of imidazole rings is 1. The first-order valence-electron chi connectivity index (χ1n) is 19.0. The van der Waals surface area contributed by atoms with Crippen molar-refractivity contribution in [3.8, 4) is 11.3 Å². The standard InChI is InChI=1S/C40H43ClF4N8O2/c1-19(2)52-18-47-27-13-25(48-34(32(27)52)49-26-12-24(29(41)31(43)30(26)42)35(54)50-40(7-8-40)36(44)45)21-11-28-33(46-16-21)38(3,4)37(55)53(28)23-14-39(5,15-23)51-9-6-20-10-22(20)17-51/h11-13,16,18-20,22-23,36H,6-10,14-15,17H2,1-5H3,(H,48,49)(H,50,54)/t20-,22-,23?,39?/m0/s1. The fraction of sp³-hybridized carbons (Fsp3) is 0.525. The van der Waals surface area contributed by atoms with Gasteiger partial charge in [0.05, 0.1) is 50.6 Å². The van der Waals surface area contributed by atoms with Crippen LogP contribution in [0.2, 0.25) is 5.02 Å². The molecule has 15 heteroatoms. The molecule has 9 rings (SSSR count). The van der Waals surface area contributed by atoms with E-state index in [1.165, 1.54) is 12.8 Å². The van der Waals surface area contributed by atoms with Crippen molar-refractivity contribution in [3.63, 3.8) is 0 Å². The second-order valence-electron chi connectivity index (χ2n) is 17.4. The molecule has 2 N–H and O–H groups in total. The Morgan fingerprint density at radius 2 is 1.78 bits per heavy atom. The summed E-state index contributed by atoms with van der Waals surface area (Å²) in [5.74, 6) is -2.14. The highest BCUT2D eigenvalue weighted by molar-refractivity contribution is 6.34. The SMILES string of the molecule is CC(C)n1cnc2cc(-c3cnc4c(c3)N(C3CC(C)(N5CC[C@H]6C[C@H]6C5)C3)C(=O)C4(C)C)nc(Nc3cc(C(=O)NC4(C(F)F)CC4)c(Cl)c(F)c3F)c21. The normalized spacial score (nSPS) is 26.3. The molecule has 2 aliphatic heterocycles. The molecule has 1 saturated heterocycles. The minimum atomic E-state index is -2.83. The van der Waals surface area contributed by atoms with Gasteiger partial charge >= 0.3 is 0 Å². The van der Waals surface area contributed by atoms with E-state index in [9.17, 15) is 18.4 Å². The number of halogens is 5. The van der Waals surface area contributed by atoms with Crippen LogP contribution in [0.5, 0.6) is 0 Å². The predicted octanol–water partition coefficient (Wildman–Crippen LogP) is 8.16. The van der Waals surface area contributed by atoms with E-state index in [2.05, 4.69) is 27.4 Å². The van der Waals surface area contributed by atoms with Crippen molar-refractivity contribution in [2.45, 2.75) is 108 Å². The number of piperidine rings is 1. The van der Waals surface area contributed by atoms with Crippen molar-refractivity contribution in [2.75, 3.05) is 23.3 Å². The van der Waals surface area contributed by atoms with Crippen molar-refractivity contribution >= 4 is 51.6 Å². The van der Waals surface area contributed by atoms with Crippen molar-refractivity contribution < 1.29 is 27.2 Å². The van der Waals surface area contributed by atoms with Gasteiger partial charge in [-0.15, -0.1) is 0 Å². The summed E-state index contributed by atoms with van der Waals surface area (Å²) in [6.45, 7) is 12.2. The fourth-order valence-corrected chi connectivity index (χ4v) is 9.33. The number of carbonyl (C=O) groups excluding carboxylic acids is 2. The largest absolute Gasteiger partial charge is 0.341 e. The third kappa shape index (κ3) is 5.71. The predicted molar refractivity (Wildman–Crippen MR) is 201 cm³/mol. The minimum absolute atomic E-state index is 0.00258. The summed E-state index contributed by atoms with van der Waals surface area (Å²) in [5, 5.41) is 4.31. The van der Waals surface area contributed by atoms with Crippen LogP contribution in [0, 0.1) is 23.5 Å². The summed E-state index contributed by atoms with van der Waals surface area (Å²) in [5.41, 5.74) is -0.127. The van der Waals surface area contributed by atoms with Crippen molar-refractivity contribution in [3.05, 3.63) is 58.6 Å². The molecule has 290 valence electrons. The number of likely N-dealkylation sites (tertiary alicyclic amines) is 1. The molecule has 0 unspecified atom stereocenters. The van der Waals surface area contributed by atoms with E-state index < -0.39 is 51.2 Å². The van der Waals surface area contributed by atoms with Gasteiger partial charge in [0.2, 0.25) is 5.91 Å². The average Bonchev–Trinajstić information content (AvgIpc) is 4.04.